The van der Waals surface area contributed by atoms with Gasteiger partial charge in [-0.25, -0.2) is 4.68 Å². The van der Waals surface area contributed by atoms with E-state index < -0.39 is 55.3 Å². The molecule has 1 aromatic heterocycles. The Morgan fingerprint density at radius 3 is 1.98 bits per heavy atom. The summed E-state index contributed by atoms with van der Waals surface area (Å²) in [4.78, 5) is 51.8. The summed E-state index contributed by atoms with van der Waals surface area (Å²) in [6.45, 7) is 5.61. The molecule has 316 valence electrons. The monoisotopic (exact) mass is 801 g/mol. The van der Waals surface area contributed by atoms with Crippen molar-refractivity contribution in [2.24, 2.45) is 0 Å². The predicted octanol–water partition coefficient (Wildman–Crippen LogP) is 3.94. The Morgan fingerprint density at radius 2 is 1.38 bits per heavy atom. The number of ether oxygens (including phenoxy) is 3. The number of aliphatic hydroxyl groups excluding tert-OH is 4. The number of unbranched alkanes of at least 4 members (excludes halogenated alkanes) is 12. The highest BCUT2D eigenvalue weighted by Gasteiger charge is 2.44. The van der Waals surface area contributed by atoms with Crippen LogP contribution in [0.3, 0.4) is 0 Å². The zero-order valence-electron chi connectivity index (χ0n) is 33.1. The Morgan fingerprint density at radius 1 is 0.800 bits per heavy atom. The van der Waals surface area contributed by atoms with Gasteiger partial charge in [0.2, 0.25) is 11.8 Å². The lowest BCUT2D eigenvalue weighted by Gasteiger charge is -2.39. The number of amides is 2. The lowest BCUT2D eigenvalue weighted by molar-refractivity contribution is -0.254. The molecule has 16 nitrogen and oxygen atoms in total. The molecule has 1 aliphatic heterocycles. The van der Waals surface area contributed by atoms with Gasteiger partial charge in [0.15, 0.2) is 12.0 Å². The van der Waals surface area contributed by atoms with Gasteiger partial charge in [0, 0.05) is 30.8 Å². The van der Waals surface area contributed by atoms with Crippen molar-refractivity contribution >= 4 is 41.3 Å². The van der Waals surface area contributed by atoms with Gasteiger partial charge in [-0.2, -0.15) is 11.8 Å². The number of carbonyl (C=O) groups is 4. The Bertz CT molecular complexity index is 1240. The molecule has 6 unspecified atom stereocenters. The summed E-state index contributed by atoms with van der Waals surface area (Å²) in [7, 11) is 0. The number of nitrogens with one attached hydrogen (secondary N) is 2. The minimum Gasteiger partial charge on any atom is -0.462 e. The van der Waals surface area contributed by atoms with Gasteiger partial charge >= 0.3 is 11.9 Å². The molecule has 1 fully saturated rings. The number of thioether (sulfide) groups is 1. The molecule has 6 N–H and O–H groups in total. The zero-order valence-corrected chi connectivity index (χ0v) is 33.9. The van der Waals surface area contributed by atoms with E-state index in [1.165, 1.54) is 18.0 Å². The van der Waals surface area contributed by atoms with E-state index in [-0.39, 0.29) is 61.0 Å². The first-order chi connectivity index (χ1) is 26.5. The summed E-state index contributed by atoms with van der Waals surface area (Å²) >= 11 is 1.26. The van der Waals surface area contributed by atoms with E-state index in [1.807, 2.05) is 0 Å². The van der Waals surface area contributed by atoms with Crippen molar-refractivity contribution in [1.29, 1.82) is 0 Å². The maximum Gasteiger partial charge on any atom is 0.306 e. The molecule has 2 heterocycles. The number of carbonyl (C=O) groups excluding carboxylic acids is 4. The highest BCUT2D eigenvalue weighted by Crippen LogP contribution is 2.28. The number of hydrogen-bond donors (Lipinski definition) is 6. The Balaban J connectivity index is 2.10. The smallest absolute Gasteiger partial charge is 0.306 e. The number of nitrogens with zero attached hydrogens (tertiary/aromatic N) is 3. The van der Waals surface area contributed by atoms with Crippen LogP contribution in [0.1, 0.15) is 143 Å². The van der Waals surface area contributed by atoms with Crippen LogP contribution >= 0.6 is 11.8 Å². The second-order valence-electron chi connectivity index (χ2n) is 14.2. The second kappa shape index (κ2) is 28.5. The minimum atomic E-state index is -1.63. The first-order valence-corrected chi connectivity index (χ1v) is 21.4. The van der Waals surface area contributed by atoms with E-state index in [0.717, 1.165) is 88.2 Å². The first-order valence-electron chi connectivity index (χ1n) is 20.3. The van der Waals surface area contributed by atoms with E-state index in [0.29, 0.717) is 12.8 Å². The first kappa shape index (κ1) is 48.3. The van der Waals surface area contributed by atoms with Gasteiger partial charge in [-0.15, -0.1) is 5.10 Å². The minimum absolute atomic E-state index is 0.0434. The van der Waals surface area contributed by atoms with Crippen LogP contribution in [-0.2, 0) is 33.4 Å². The molecule has 0 spiro atoms. The number of aromatic nitrogens is 3. The van der Waals surface area contributed by atoms with Gasteiger partial charge in [0.1, 0.15) is 43.2 Å². The molecule has 0 radical (unpaired) electrons. The van der Waals surface area contributed by atoms with Crippen LogP contribution in [0.25, 0.3) is 0 Å². The summed E-state index contributed by atoms with van der Waals surface area (Å²) in [6, 6.07) is -1.04. The Hall–Kier alpha value is -2.83. The number of esters is 2. The molecule has 0 aliphatic carbocycles. The predicted molar refractivity (Wildman–Crippen MR) is 208 cm³/mol. The number of rotatable bonds is 30. The van der Waals surface area contributed by atoms with Crippen molar-refractivity contribution in [3.05, 3.63) is 6.20 Å². The molecule has 2 rings (SSSR count). The van der Waals surface area contributed by atoms with Crippen molar-refractivity contribution in [1.82, 2.24) is 20.3 Å². The molecule has 0 bridgehead atoms. The number of aliphatic hydroxyl groups is 4. The third kappa shape index (κ3) is 19.2. The highest BCUT2D eigenvalue weighted by molar-refractivity contribution is 7.99. The second-order valence-corrected chi connectivity index (χ2v) is 15.3. The fourth-order valence-electron chi connectivity index (χ4n) is 5.99. The molecule has 0 saturated carbocycles. The number of anilines is 1. The molecule has 17 heteroatoms. The summed E-state index contributed by atoms with van der Waals surface area (Å²) in [5.41, 5.74) is 0. The standard InChI is InChI=1S/C38H67N5O11S/c1-4-7-10-13-16-19-31(45)39-28(37(51)40-30-22-43(42-41-30)38-36(50)35(49)34(48)29(23-44)54-38)26-55-25-27(53-33(47)21-18-15-12-9-6-3)24-52-32(46)20-17-14-11-8-5-2/h22,27-29,34-36,38,44,48-50H,4-21,23-26H2,1-3H3,(H,39,45)(H,40,51)/t27?,28?,29?,34?,35?,36?,38-/m1/s1. The van der Waals surface area contributed by atoms with Crippen molar-refractivity contribution in [2.45, 2.75) is 179 Å². The lowest BCUT2D eigenvalue weighted by Crippen LogP contribution is -2.56. The zero-order chi connectivity index (χ0) is 40.4. The average Bonchev–Trinajstić information content (AvgIpc) is 3.63. The van der Waals surface area contributed by atoms with Gasteiger partial charge in [-0.05, 0) is 19.3 Å². The summed E-state index contributed by atoms with van der Waals surface area (Å²) in [5.74, 6) is -1.41. The van der Waals surface area contributed by atoms with Crippen molar-refractivity contribution < 1.29 is 53.8 Å². The van der Waals surface area contributed by atoms with Gasteiger partial charge in [-0.1, -0.05) is 103 Å². The van der Waals surface area contributed by atoms with Gasteiger partial charge in [0.05, 0.1) is 12.8 Å². The van der Waals surface area contributed by atoms with Gasteiger partial charge in [-0.3, -0.25) is 19.2 Å². The maximum atomic E-state index is 13.6. The van der Waals surface area contributed by atoms with Crippen molar-refractivity contribution in [2.75, 3.05) is 30.0 Å². The van der Waals surface area contributed by atoms with Crippen LogP contribution in [0.4, 0.5) is 5.82 Å². The Labute approximate surface area is 330 Å². The van der Waals surface area contributed by atoms with Crippen molar-refractivity contribution in [3.63, 3.8) is 0 Å². The largest absolute Gasteiger partial charge is 0.462 e. The normalized spacial score (nSPS) is 20.7. The molecule has 1 aliphatic rings. The molecule has 7 atom stereocenters. The molecule has 1 saturated heterocycles. The van der Waals surface area contributed by atoms with Gasteiger partial charge < -0.3 is 45.3 Å². The maximum absolute atomic E-state index is 13.6. The highest BCUT2D eigenvalue weighted by atomic mass is 32.2. The van der Waals surface area contributed by atoms with Crippen LogP contribution < -0.4 is 10.6 Å². The molecular weight excluding hydrogens is 735 g/mol. The van der Waals surface area contributed by atoms with E-state index >= 15 is 0 Å². The quantitative estimate of drug-likeness (QED) is 0.0478. The summed E-state index contributed by atoms with van der Waals surface area (Å²) in [5, 5.41) is 53.5. The van der Waals surface area contributed by atoms with Crippen LogP contribution in [0.15, 0.2) is 6.20 Å². The van der Waals surface area contributed by atoms with Gasteiger partial charge in [0.25, 0.3) is 0 Å². The fraction of sp³-hybridized carbons (Fsp3) is 0.842. The van der Waals surface area contributed by atoms with E-state index in [2.05, 4.69) is 41.7 Å². The molecular formula is C38H67N5O11S. The molecule has 1 aromatic rings. The van der Waals surface area contributed by atoms with Crippen molar-refractivity contribution in [3.8, 4) is 0 Å². The third-order valence-electron chi connectivity index (χ3n) is 9.33. The SMILES string of the molecule is CCCCCCCC(=O)NC(CSCC(COC(=O)CCCCCCC)OC(=O)CCCCCCC)C(=O)Nc1cn([C@@H]2OC(CO)C(O)C(O)C2O)nn1. The van der Waals surface area contributed by atoms with E-state index in [9.17, 15) is 39.6 Å². The van der Waals surface area contributed by atoms with Crippen LogP contribution in [-0.4, -0.2) is 120 Å². The van der Waals surface area contributed by atoms with Crippen LogP contribution in [0.5, 0.6) is 0 Å². The van der Waals surface area contributed by atoms with Crippen LogP contribution in [0, 0.1) is 0 Å². The Kier molecular flexibility index (Phi) is 25.1. The summed E-state index contributed by atoms with van der Waals surface area (Å²) in [6.07, 6.45) is 8.45. The summed E-state index contributed by atoms with van der Waals surface area (Å²) < 4.78 is 17.8. The average molecular weight is 802 g/mol. The van der Waals surface area contributed by atoms with E-state index in [1.54, 1.807) is 0 Å². The fourth-order valence-corrected chi connectivity index (χ4v) is 7.03. The third-order valence-corrected chi connectivity index (χ3v) is 10.5. The van der Waals surface area contributed by atoms with E-state index in [4.69, 9.17) is 14.2 Å². The topological polar surface area (TPSA) is 232 Å². The molecule has 2 amide bonds. The van der Waals surface area contributed by atoms with Crippen LogP contribution in [0.2, 0.25) is 0 Å². The molecule has 0 aromatic carbocycles. The molecule has 55 heavy (non-hydrogen) atoms. The lowest BCUT2D eigenvalue weighted by atomic mass is 9.98. The number of hydrogen-bond acceptors (Lipinski definition) is 14.